The van der Waals surface area contributed by atoms with Crippen molar-refractivity contribution in [3.05, 3.63) is 71.8 Å². The van der Waals surface area contributed by atoms with Crippen molar-refractivity contribution in [1.82, 2.24) is 0 Å². The normalized spacial score (nSPS) is 27.0. The minimum Gasteiger partial charge on any atom is -0.298 e. The highest BCUT2D eigenvalue weighted by molar-refractivity contribution is 6.08. The summed E-state index contributed by atoms with van der Waals surface area (Å²) in [7, 11) is 0. The van der Waals surface area contributed by atoms with E-state index < -0.39 is 5.41 Å². The zero-order chi connectivity index (χ0) is 14.0. The molecule has 3 aliphatic carbocycles. The molecule has 0 N–H and O–H groups in total. The van der Waals surface area contributed by atoms with Crippen molar-refractivity contribution in [2.75, 3.05) is 0 Å². The Morgan fingerprint density at radius 2 is 1.52 bits per heavy atom. The first-order chi connectivity index (χ1) is 10.3. The predicted molar refractivity (Wildman–Crippen MR) is 83.0 cm³/mol. The first-order valence-electron chi connectivity index (χ1n) is 7.75. The van der Waals surface area contributed by atoms with Gasteiger partial charge in [-0.15, -0.1) is 0 Å². The van der Waals surface area contributed by atoms with Crippen LogP contribution in [0, 0.1) is 11.8 Å². The number of hydrogen-bond donors (Lipinski definition) is 0. The average molecular weight is 272 g/mol. The van der Waals surface area contributed by atoms with E-state index in [-0.39, 0.29) is 5.92 Å². The molecular formula is C20H16O. The molecule has 0 bridgehead atoms. The zero-order valence-electron chi connectivity index (χ0n) is 11.8. The van der Waals surface area contributed by atoms with E-state index >= 15 is 0 Å². The van der Waals surface area contributed by atoms with Gasteiger partial charge in [-0.2, -0.15) is 0 Å². The Hall–Kier alpha value is -2.15. The second kappa shape index (κ2) is 3.73. The largest absolute Gasteiger partial charge is 0.298 e. The van der Waals surface area contributed by atoms with Gasteiger partial charge in [0.25, 0.3) is 0 Å². The molecule has 2 atom stereocenters. The number of hydrogen-bond acceptors (Lipinski definition) is 1. The molecule has 0 aromatic heterocycles. The Balaban J connectivity index is 1.86. The fourth-order valence-electron chi connectivity index (χ4n) is 4.83. The summed E-state index contributed by atoms with van der Waals surface area (Å²) in [6.45, 7) is 0. The highest BCUT2D eigenvalue weighted by Gasteiger charge is 2.65. The molecule has 5 rings (SSSR count). The van der Waals surface area contributed by atoms with Gasteiger partial charge in [-0.05, 0) is 35.1 Å². The summed E-state index contributed by atoms with van der Waals surface area (Å²) >= 11 is 0. The maximum absolute atomic E-state index is 13.1. The van der Waals surface area contributed by atoms with Crippen LogP contribution < -0.4 is 0 Å². The van der Waals surface area contributed by atoms with E-state index in [1.54, 1.807) is 0 Å². The van der Waals surface area contributed by atoms with Gasteiger partial charge in [0.05, 0.1) is 5.41 Å². The Kier molecular flexibility index (Phi) is 2.04. The lowest BCUT2D eigenvalue weighted by molar-refractivity contribution is -0.141. The summed E-state index contributed by atoms with van der Waals surface area (Å²) in [5, 5.41) is 0. The highest BCUT2D eigenvalue weighted by Crippen LogP contribution is 2.63. The third kappa shape index (κ3) is 1.14. The molecule has 0 aliphatic heterocycles. The Morgan fingerprint density at radius 1 is 0.905 bits per heavy atom. The van der Waals surface area contributed by atoms with E-state index in [1.165, 1.54) is 22.3 Å². The standard InChI is InChI=1S/C20H16O/c21-19-15-9-3-6-12-18(15)20(19)16-10-4-1-7-13(16)14-8-2-5-11-17(14)20/h1-2,4-8,10-12,15,18H,3,9H2/t15-,18+/m1/s1. The summed E-state index contributed by atoms with van der Waals surface area (Å²) in [5.41, 5.74) is 4.56. The van der Waals surface area contributed by atoms with Crippen molar-refractivity contribution in [1.29, 1.82) is 0 Å². The molecule has 3 aliphatic rings. The lowest BCUT2D eigenvalue weighted by Gasteiger charge is -2.53. The topological polar surface area (TPSA) is 17.1 Å². The molecule has 0 saturated heterocycles. The van der Waals surface area contributed by atoms with Crippen LogP contribution >= 0.6 is 0 Å². The van der Waals surface area contributed by atoms with E-state index in [1.807, 2.05) is 0 Å². The van der Waals surface area contributed by atoms with Gasteiger partial charge in [0.1, 0.15) is 0 Å². The third-order valence-corrected chi connectivity index (χ3v) is 5.64. The quantitative estimate of drug-likeness (QED) is 0.659. The van der Waals surface area contributed by atoms with E-state index in [2.05, 4.69) is 60.7 Å². The van der Waals surface area contributed by atoms with Crippen molar-refractivity contribution >= 4 is 5.78 Å². The van der Waals surface area contributed by atoms with Gasteiger partial charge in [-0.1, -0.05) is 60.7 Å². The first kappa shape index (κ1) is 11.5. The highest BCUT2D eigenvalue weighted by atomic mass is 16.1. The van der Waals surface area contributed by atoms with Crippen LogP contribution in [0.15, 0.2) is 60.7 Å². The molecule has 102 valence electrons. The van der Waals surface area contributed by atoms with Crippen molar-refractivity contribution in [2.24, 2.45) is 11.8 Å². The van der Waals surface area contributed by atoms with Crippen molar-refractivity contribution in [3.63, 3.8) is 0 Å². The maximum Gasteiger partial charge on any atom is 0.152 e. The molecule has 2 aromatic rings. The van der Waals surface area contributed by atoms with Crippen LogP contribution in [0.2, 0.25) is 0 Å². The van der Waals surface area contributed by atoms with E-state index in [0.29, 0.717) is 11.7 Å². The van der Waals surface area contributed by atoms with Crippen molar-refractivity contribution < 1.29 is 4.79 Å². The van der Waals surface area contributed by atoms with Crippen LogP contribution in [0.5, 0.6) is 0 Å². The van der Waals surface area contributed by atoms with Gasteiger partial charge in [0, 0.05) is 11.8 Å². The number of ketones is 1. The fourth-order valence-corrected chi connectivity index (χ4v) is 4.83. The molecule has 2 aromatic carbocycles. The molecule has 0 amide bonds. The summed E-state index contributed by atoms with van der Waals surface area (Å²) in [4.78, 5) is 13.1. The molecule has 1 nitrogen and oxygen atoms in total. The number of benzene rings is 2. The number of carbonyl (C=O) groups is 1. The van der Waals surface area contributed by atoms with Crippen LogP contribution in [0.4, 0.5) is 0 Å². The minimum absolute atomic E-state index is 0.231. The molecular weight excluding hydrogens is 256 g/mol. The molecule has 1 heteroatoms. The van der Waals surface area contributed by atoms with Gasteiger partial charge in [0.2, 0.25) is 0 Å². The van der Waals surface area contributed by atoms with Crippen LogP contribution in [0.3, 0.4) is 0 Å². The molecule has 1 saturated carbocycles. The SMILES string of the molecule is O=C1[C@@H]2CCC=C[C@@H]2C12c1ccccc1-c1ccccc12. The van der Waals surface area contributed by atoms with Crippen LogP contribution in [0.1, 0.15) is 24.0 Å². The Bertz CT molecular complexity index is 753. The lowest BCUT2D eigenvalue weighted by Crippen LogP contribution is -2.60. The molecule has 0 unspecified atom stereocenters. The van der Waals surface area contributed by atoms with Crippen molar-refractivity contribution in [2.45, 2.75) is 18.3 Å². The van der Waals surface area contributed by atoms with Crippen LogP contribution in [-0.2, 0) is 10.2 Å². The van der Waals surface area contributed by atoms with E-state index in [4.69, 9.17) is 0 Å². The number of rotatable bonds is 0. The van der Waals surface area contributed by atoms with Crippen molar-refractivity contribution in [3.8, 4) is 11.1 Å². The van der Waals surface area contributed by atoms with Gasteiger partial charge in [0.15, 0.2) is 5.78 Å². The van der Waals surface area contributed by atoms with Gasteiger partial charge in [-0.3, -0.25) is 4.79 Å². The fraction of sp³-hybridized carbons (Fsp3) is 0.250. The minimum atomic E-state index is -0.394. The molecule has 1 spiro atoms. The second-order valence-corrected chi connectivity index (χ2v) is 6.40. The molecule has 0 heterocycles. The second-order valence-electron chi connectivity index (χ2n) is 6.40. The first-order valence-corrected chi connectivity index (χ1v) is 7.75. The predicted octanol–water partition coefficient (Wildman–Crippen LogP) is 4.12. The number of fused-ring (bicyclic) bond motifs is 7. The Labute approximate surface area is 124 Å². The maximum atomic E-state index is 13.1. The lowest BCUT2D eigenvalue weighted by atomic mass is 9.47. The van der Waals surface area contributed by atoms with E-state index in [9.17, 15) is 4.79 Å². The van der Waals surface area contributed by atoms with Gasteiger partial charge in [-0.25, -0.2) is 0 Å². The number of allylic oxidation sites excluding steroid dienone is 2. The number of carbonyl (C=O) groups excluding carboxylic acids is 1. The Morgan fingerprint density at radius 3 is 2.19 bits per heavy atom. The third-order valence-electron chi connectivity index (χ3n) is 5.64. The summed E-state index contributed by atoms with van der Waals surface area (Å²) in [6, 6.07) is 16.9. The summed E-state index contributed by atoms with van der Waals surface area (Å²) < 4.78 is 0. The average Bonchev–Trinajstić information content (AvgIpc) is 2.87. The van der Waals surface area contributed by atoms with Crippen LogP contribution in [0.25, 0.3) is 11.1 Å². The zero-order valence-corrected chi connectivity index (χ0v) is 11.8. The smallest absolute Gasteiger partial charge is 0.152 e. The number of Topliss-reactive ketones (excluding diaryl/α,β-unsaturated/α-hetero) is 1. The molecule has 1 fully saturated rings. The summed E-state index contributed by atoms with van der Waals surface area (Å²) in [6.07, 6.45) is 6.63. The van der Waals surface area contributed by atoms with Gasteiger partial charge >= 0.3 is 0 Å². The molecule has 21 heavy (non-hydrogen) atoms. The van der Waals surface area contributed by atoms with E-state index in [0.717, 1.165) is 12.8 Å². The van der Waals surface area contributed by atoms with Crippen LogP contribution in [-0.4, -0.2) is 5.78 Å². The molecule has 0 radical (unpaired) electrons. The monoisotopic (exact) mass is 272 g/mol. The summed E-state index contributed by atoms with van der Waals surface area (Å²) in [5.74, 6) is 1.02. The van der Waals surface area contributed by atoms with Gasteiger partial charge < -0.3 is 0 Å².